The number of aryl methyl sites for hydroxylation is 2. The summed E-state index contributed by atoms with van der Waals surface area (Å²) < 4.78 is 38.9. The summed E-state index contributed by atoms with van der Waals surface area (Å²) in [6.45, 7) is 7.48. The maximum absolute atomic E-state index is 13.2. The van der Waals surface area contributed by atoms with E-state index in [0.717, 1.165) is 27.3 Å². The van der Waals surface area contributed by atoms with E-state index in [1.165, 1.54) is 31.2 Å². The van der Waals surface area contributed by atoms with Crippen molar-refractivity contribution in [2.45, 2.75) is 46.2 Å². The zero-order valence-electron chi connectivity index (χ0n) is 16.9. The fourth-order valence-electron chi connectivity index (χ4n) is 3.31. The first-order valence-corrected chi connectivity index (χ1v) is 11.0. The van der Waals surface area contributed by atoms with Crippen molar-refractivity contribution in [2.75, 3.05) is 10.6 Å². The number of carbonyl (C=O) groups is 1. The molecule has 0 unspecified atom stereocenters. The molecule has 0 aliphatic rings. The summed E-state index contributed by atoms with van der Waals surface area (Å²) in [5, 5.41) is 2.96. The highest BCUT2D eigenvalue weighted by Gasteiger charge is 2.30. The first-order valence-electron chi connectivity index (χ1n) is 9.17. The van der Waals surface area contributed by atoms with Gasteiger partial charge in [-0.2, -0.15) is 0 Å². The summed E-state index contributed by atoms with van der Waals surface area (Å²) in [6.07, 6.45) is 1.69. The molecule has 152 valence electrons. The molecule has 0 bridgehead atoms. The van der Waals surface area contributed by atoms with Gasteiger partial charge >= 0.3 is 0 Å². The zero-order valence-corrected chi connectivity index (χ0v) is 17.7. The Hall–Kier alpha value is -2.41. The summed E-state index contributed by atoms with van der Waals surface area (Å²) >= 11 is 0. The van der Waals surface area contributed by atoms with Crippen molar-refractivity contribution in [3.8, 4) is 0 Å². The van der Waals surface area contributed by atoms with E-state index in [9.17, 15) is 17.6 Å². The van der Waals surface area contributed by atoms with E-state index in [2.05, 4.69) is 11.4 Å². The summed E-state index contributed by atoms with van der Waals surface area (Å²) in [5.74, 6) is -0.892. The number of nitrogens with zero attached hydrogens (tertiary/aromatic N) is 1. The third kappa shape index (κ3) is 5.10. The second-order valence-electron chi connectivity index (χ2n) is 7.04. The zero-order chi connectivity index (χ0) is 21.1. The number of halogens is 1. The largest absolute Gasteiger partial charge is 0.347 e. The van der Waals surface area contributed by atoms with E-state index in [-0.39, 0.29) is 11.7 Å². The van der Waals surface area contributed by atoms with Crippen LogP contribution in [0.25, 0.3) is 0 Å². The number of hydrogen-bond acceptors (Lipinski definition) is 3. The highest BCUT2D eigenvalue weighted by molar-refractivity contribution is 7.92. The predicted octanol–water partition coefficient (Wildman–Crippen LogP) is 3.86. The van der Waals surface area contributed by atoms with Crippen LogP contribution in [0, 0.1) is 19.7 Å². The topological polar surface area (TPSA) is 66.5 Å². The fraction of sp³-hybridized carbons (Fsp3) is 0.381. The number of hydrogen-bond donors (Lipinski definition) is 1. The van der Waals surface area contributed by atoms with Crippen molar-refractivity contribution in [1.82, 2.24) is 5.32 Å². The molecule has 1 N–H and O–H groups in total. The minimum Gasteiger partial charge on any atom is -0.347 e. The van der Waals surface area contributed by atoms with Crippen LogP contribution in [0.4, 0.5) is 10.1 Å². The Morgan fingerprint density at radius 3 is 2.25 bits per heavy atom. The number of carbonyl (C=O) groups excluding carboxylic acids is 1. The van der Waals surface area contributed by atoms with Crippen LogP contribution in [0.1, 0.15) is 43.0 Å². The third-order valence-electron chi connectivity index (χ3n) is 4.70. The van der Waals surface area contributed by atoms with Gasteiger partial charge in [-0.25, -0.2) is 12.8 Å². The Balaban J connectivity index is 2.30. The van der Waals surface area contributed by atoms with E-state index >= 15 is 0 Å². The van der Waals surface area contributed by atoms with E-state index in [1.807, 2.05) is 32.9 Å². The Bertz CT molecular complexity index is 943. The lowest BCUT2D eigenvalue weighted by molar-refractivity contribution is -0.122. The van der Waals surface area contributed by atoms with E-state index < -0.39 is 27.8 Å². The molecular formula is C21H27FN2O3S. The second-order valence-corrected chi connectivity index (χ2v) is 8.90. The number of anilines is 1. The maximum atomic E-state index is 13.2. The van der Waals surface area contributed by atoms with Gasteiger partial charge in [-0.3, -0.25) is 9.10 Å². The lowest BCUT2D eigenvalue weighted by Crippen LogP contribution is -2.48. The third-order valence-corrected chi connectivity index (χ3v) is 5.94. The summed E-state index contributed by atoms with van der Waals surface area (Å²) in [7, 11) is -3.75. The molecule has 0 saturated carbocycles. The van der Waals surface area contributed by atoms with Crippen LogP contribution in [-0.4, -0.2) is 26.6 Å². The minimum absolute atomic E-state index is 0.231. The molecule has 28 heavy (non-hydrogen) atoms. The number of amides is 1. The molecule has 0 aromatic heterocycles. The van der Waals surface area contributed by atoms with Gasteiger partial charge in [-0.15, -0.1) is 0 Å². The first kappa shape index (κ1) is 21.9. The number of rotatable bonds is 7. The number of sulfonamides is 1. The van der Waals surface area contributed by atoms with Gasteiger partial charge in [0.1, 0.15) is 11.9 Å². The average Bonchev–Trinajstić information content (AvgIpc) is 2.60. The standard InChI is InChI=1S/C21H27FN2O3S/c1-6-20(19-12-7-14(2)13-15(19)3)23-21(25)16(4)24(28(5,26)27)18-10-8-17(22)9-11-18/h7-13,16,20H,6H2,1-5H3,(H,23,25)/t16-,20+/m1/s1. The molecule has 2 aromatic rings. The van der Waals surface area contributed by atoms with Crippen LogP contribution in [0.15, 0.2) is 42.5 Å². The molecule has 0 heterocycles. The van der Waals surface area contributed by atoms with Gasteiger partial charge in [0.25, 0.3) is 0 Å². The number of nitrogens with one attached hydrogen (secondary N) is 1. The molecule has 7 heteroatoms. The molecule has 0 radical (unpaired) electrons. The van der Waals surface area contributed by atoms with Gasteiger partial charge in [0.15, 0.2) is 0 Å². The quantitative estimate of drug-likeness (QED) is 0.759. The van der Waals surface area contributed by atoms with Gasteiger partial charge < -0.3 is 5.32 Å². The van der Waals surface area contributed by atoms with Crippen LogP contribution in [0.2, 0.25) is 0 Å². The van der Waals surface area contributed by atoms with Crippen LogP contribution in [0.5, 0.6) is 0 Å². The van der Waals surface area contributed by atoms with Gasteiger partial charge in [0, 0.05) is 0 Å². The van der Waals surface area contributed by atoms with Crippen molar-refractivity contribution in [1.29, 1.82) is 0 Å². The SMILES string of the molecule is CC[C@H](NC(=O)[C@@H](C)N(c1ccc(F)cc1)S(C)(=O)=O)c1ccc(C)cc1C. The summed E-state index contributed by atoms with van der Waals surface area (Å²) in [6, 6.07) is 9.84. The molecule has 0 aliphatic carbocycles. The van der Waals surface area contributed by atoms with Gasteiger partial charge in [-0.05, 0) is 62.6 Å². The molecule has 0 spiro atoms. The molecule has 1 amide bonds. The Morgan fingerprint density at radius 1 is 1.14 bits per heavy atom. The lowest BCUT2D eigenvalue weighted by atomic mass is 9.97. The minimum atomic E-state index is -3.75. The van der Waals surface area contributed by atoms with Gasteiger partial charge in [0.2, 0.25) is 15.9 Å². The monoisotopic (exact) mass is 406 g/mol. The lowest BCUT2D eigenvalue weighted by Gasteiger charge is -2.30. The van der Waals surface area contributed by atoms with Crippen LogP contribution < -0.4 is 9.62 Å². The smallest absolute Gasteiger partial charge is 0.244 e. The van der Waals surface area contributed by atoms with E-state index in [1.54, 1.807) is 0 Å². The fourth-order valence-corrected chi connectivity index (χ4v) is 4.48. The van der Waals surface area contributed by atoms with E-state index in [0.29, 0.717) is 6.42 Å². The van der Waals surface area contributed by atoms with Crippen LogP contribution >= 0.6 is 0 Å². The highest BCUT2D eigenvalue weighted by Crippen LogP contribution is 2.24. The van der Waals surface area contributed by atoms with Crippen molar-refractivity contribution < 1.29 is 17.6 Å². The normalized spacial score (nSPS) is 13.6. The van der Waals surface area contributed by atoms with Crippen molar-refractivity contribution in [3.05, 3.63) is 65.0 Å². The molecule has 0 fully saturated rings. The highest BCUT2D eigenvalue weighted by atomic mass is 32.2. The van der Waals surface area contributed by atoms with Gasteiger partial charge in [0.05, 0.1) is 18.0 Å². The molecule has 0 aliphatic heterocycles. The maximum Gasteiger partial charge on any atom is 0.244 e. The molecular weight excluding hydrogens is 379 g/mol. The molecule has 5 nitrogen and oxygen atoms in total. The van der Waals surface area contributed by atoms with Gasteiger partial charge in [-0.1, -0.05) is 30.7 Å². The Labute approximate surface area is 166 Å². The van der Waals surface area contributed by atoms with Crippen molar-refractivity contribution in [3.63, 3.8) is 0 Å². The molecule has 2 rings (SSSR count). The first-order chi connectivity index (χ1) is 13.0. The van der Waals surface area contributed by atoms with Crippen molar-refractivity contribution >= 4 is 21.6 Å². The summed E-state index contributed by atoms with van der Waals surface area (Å²) in [4.78, 5) is 12.9. The predicted molar refractivity (Wildman–Crippen MR) is 110 cm³/mol. The van der Waals surface area contributed by atoms with Crippen LogP contribution in [0.3, 0.4) is 0 Å². The molecule has 2 atom stereocenters. The Morgan fingerprint density at radius 2 is 1.75 bits per heavy atom. The molecule has 0 saturated heterocycles. The Kier molecular flexibility index (Phi) is 6.82. The summed E-state index contributed by atoms with van der Waals surface area (Å²) in [5.41, 5.74) is 3.45. The average molecular weight is 407 g/mol. The van der Waals surface area contributed by atoms with Crippen molar-refractivity contribution in [2.24, 2.45) is 0 Å². The second kappa shape index (κ2) is 8.73. The van der Waals surface area contributed by atoms with Crippen LogP contribution in [-0.2, 0) is 14.8 Å². The molecule has 2 aromatic carbocycles. The number of benzene rings is 2. The van der Waals surface area contributed by atoms with E-state index in [4.69, 9.17) is 0 Å².